The second-order valence-corrected chi connectivity index (χ2v) is 4.97. The fourth-order valence-corrected chi connectivity index (χ4v) is 2.36. The molecule has 1 fully saturated rings. The molecular formula is C14H29ClN2O2. The average molecular weight is 293 g/mol. The Balaban J connectivity index is 0.00000324. The Hall–Kier alpha value is -0.320. The van der Waals surface area contributed by atoms with E-state index in [1.807, 2.05) is 4.90 Å². The number of piperidine rings is 1. The molecule has 0 radical (unpaired) electrons. The molecule has 0 unspecified atom stereocenters. The SMILES string of the molecule is CCCCOCC(=O)N(CCC)C1CCNCC1.Cl. The summed E-state index contributed by atoms with van der Waals surface area (Å²) in [5.41, 5.74) is 0. The van der Waals surface area contributed by atoms with Crippen molar-refractivity contribution in [1.82, 2.24) is 10.2 Å². The van der Waals surface area contributed by atoms with Crippen molar-refractivity contribution >= 4 is 18.3 Å². The third-order valence-electron chi connectivity index (χ3n) is 3.40. The van der Waals surface area contributed by atoms with Crippen LogP contribution in [0.3, 0.4) is 0 Å². The zero-order valence-corrected chi connectivity index (χ0v) is 13.1. The van der Waals surface area contributed by atoms with E-state index in [1.54, 1.807) is 0 Å². The Morgan fingerprint density at radius 2 is 1.95 bits per heavy atom. The van der Waals surface area contributed by atoms with E-state index in [0.717, 1.165) is 51.7 Å². The minimum absolute atomic E-state index is 0. The molecule has 114 valence electrons. The predicted octanol–water partition coefficient (Wildman–Crippen LogP) is 2.22. The highest BCUT2D eigenvalue weighted by molar-refractivity contribution is 5.85. The van der Waals surface area contributed by atoms with Crippen molar-refractivity contribution < 1.29 is 9.53 Å². The van der Waals surface area contributed by atoms with Crippen molar-refractivity contribution in [1.29, 1.82) is 0 Å². The van der Waals surface area contributed by atoms with E-state index in [0.29, 0.717) is 12.6 Å². The van der Waals surface area contributed by atoms with Crippen LogP contribution in [0.5, 0.6) is 0 Å². The van der Waals surface area contributed by atoms with Gasteiger partial charge in [0.1, 0.15) is 6.61 Å². The van der Waals surface area contributed by atoms with Gasteiger partial charge >= 0.3 is 0 Å². The van der Waals surface area contributed by atoms with E-state index in [4.69, 9.17) is 4.74 Å². The van der Waals surface area contributed by atoms with Crippen LogP contribution < -0.4 is 5.32 Å². The Morgan fingerprint density at radius 1 is 1.26 bits per heavy atom. The number of halogens is 1. The summed E-state index contributed by atoms with van der Waals surface area (Å²) < 4.78 is 5.45. The second kappa shape index (κ2) is 11.5. The van der Waals surface area contributed by atoms with Crippen molar-refractivity contribution in [2.24, 2.45) is 0 Å². The van der Waals surface area contributed by atoms with Gasteiger partial charge in [-0.15, -0.1) is 12.4 Å². The molecule has 0 aromatic carbocycles. The lowest BCUT2D eigenvalue weighted by Crippen LogP contribution is -2.47. The highest BCUT2D eigenvalue weighted by Crippen LogP contribution is 2.13. The van der Waals surface area contributed by atoms with Gasteiger partial charge in [-0.05, 0) is 38.8 Å². The van der Waals surface area contributed by atoms with E-state index < -0.39 is 0 Å². The maximum absolute atomic E-state index is 12.2. The molecule has 4 nitrogen and oxygen atoms in total. The number of ether oxygens (including phenoxy) is 1. The van der Waals surface area contributed by atoms with Crippen LogP contribution in [0.4, 0.5) is 0 Å². The summed E-state index contributed by atoms with van der Waals surface area (Å²) in [5.74, 6) is 0.167. The molecule has 0 aromatic rings. The van der Waals surface area contributed by atoms with Crippen LogP contribution in [0, 0.1) is 0 Å². The second-order valence-electron chi connectivity index (χ2n) is 4.97. The third kappa shape index (κ3) is 7.14. The zero-order chi connectivity index (χ0) is 13.2. The summed E-state index contributed by atoms with van der Waals surface area (Å²) >= 11 is 0. The van der Waals surface area contributed by atoms with Crippen LogP contribution in [0.25, 0.3) is 0 Å². The van der Waals surface area contributed by atoms with Gasteiger partial charge in [0.2, 0.25) is 5.91 Å². The van der Waals surface area contributed by atoms with Crippen molar-refractivity contribution in [2.75, 3.05) is 32.8 Å². The summed E-state index contributed by atoms with van der Waals surface area (Å²) in [6.07, 6.45) is 5.31. The van der Waals surface area contributed by atoms with Crippen LogP contribution in [0.2, 0.25) is 0 Å². The molecule has 1 heterocycles. The van der Waals surface area contributed by atoms with Gasteiger partial charge in [0, 0.05) is 19.2 Å². The molecule has 1 amide bonds. The van der Waals surface area contributed by atoms with Gasteiger partial charge in [0.15, 0.2) is 0 Å². The van der Waals surface area contributed by atoms with Crippen molar-refractivity contribution in [2.45, 2.75) is 52.0 Å². The summed E-state index contributed by atoms with van der Waals surface area (Å²) in [5, 5.41) is 3.34. The quantitative estimate of drug-likeness (QED) is 0.698. The lowest BCUT2D eigenvalue weighted by atomic mass is 10.0. The number of hydrogen-bond acceptors (Lipinski definition) is 3. The highest BCUT2D eigenvalue weighted by atomic mass is 35.5. The van der Waals surface area contributed by atoms with Gasteiger partial charge < -0.3 is 15.0 Å². The number of nitrogens with zero attached hydrogens (tertiary/aromatic N) is 1. The number of amides is 1. The molecule has 0 aromatic heterocycles. The summed E-state index contributed by atoms with van der Waals surface area (Å²) in [6.45, 7) is 8.12. The Morgan fingerprint density at radius 3 is 2.53 bits per heavy atom. The predicted molar refractivity (Wildman–Crippen MR) is 80.9 cm³/mol. The first-order valence-corrected chi connectivity index (χ1v) is 7.37. The summed E-state index contributed by atoms with van der Waals surface area (Å²) in [6, 6.07) is 0.411. The third-order valence-corrected chi connectivity index (χ3v) is 3.40. The molecule has 5 heteroatoms. The van der Waals surface area contributed by atoms with Gasteiger partial charge in [0.05, 0.1) is 0 Å². The molecule has 1 saturated heterocycles. The van der Waals surface area contributed by atoms with Crippen LogP contribution in [0.15, 0.2) is 0 Å². The molecule has 0 spiro atoms. The molecule has 1 N–H and O–H groups in total. The Kier molecular flexibility index (Phi) is 11.3. The molecular weight excluding hydrogens is 264 g/mol. The maximum Gasteiger partial charge on any atom is 0.248 e. The van der Waals surface area contributed by atoms with Crippen LogP contribution >= 0.6 is 12.4 Å². The number of carbonyl (C=O) groups excluding carboxylic acids is 1. The number of nitrogens with one attached hydrogen (secondary N) is 1. The van der Waals surface area contributed by atoms with Gasteiger partial charge in [-0.1, -0.05) is 20.3 Å². The van der Waals surface area contributed by atoms with Crippen molar-refractivity contribution in [3.8, 4) is 0 Å². The summed E-state index contributed by atoms with van der Waals surface area (Å²) in [7, 11) is 0. The normalized spacial score (nSPS) is 15.9. The van der Waals surface area contributed by atoms with Crippen LogP contribution in [0.1, 0.15) is 46.0 Å². The number of rotatable bonds is 8. The van der Waals surface area contributed by atoms with E-state index in [2.05, 4.69) is 19.2 Å². The molecule has 0 bridgehead atoms. The standard InChI is InChI=1S/C14H28N2O2.ClH/c1-3-5-11-18-12-14(17)16(10-4-2)13-6-8-15-9-7-13;/h13,15H,3-12H2,1-2H3;1H. The van der Waals surface area contributed by atoms with Crippen molar-refractivity contribution in [3.05, 3.63) is 0 Å². The molecule has 1 aliphatic heterocycles. The summed E-state index contributed by atoms with van der Waals surface area (Å²) in [4.78, 5) is 14.2. The minimum atomic E-state index is 0. The number of hydrogen-bond donors (Lipinski definition) is 1. The maximum atomic E-state index is 12.2. The smallest absolute Gasteiger partial charge is 0.248 e. The molecule has 1 rings (SSSR count). The molecule has 19 heavy (non-hydrogen) atoms. The number of unbranched alkanes of at least 4 members (excludes halogenated alkanes) is 1. The molecule has 1 aliphatic rings. The first kappa shape index (κ1) is 18.7. The lowest BCUT2D eigenvalue weighted by molar-refractivity contribution is -0.139. The monoisotopic (exact) mass is 292 g/mol. The Bertz CT molecular complexity index is 233. The highest BCUT2D eigenvalue weighted by Gasteiger charge is 2.24. The average Bonchev–Trinajstić information content (AvgIpc) is 2.41. The molecule has 0 aliphatic carbocycles. The lowest BCUT2D eigenvalue weighted by Gasteiger charge is -2.34. The van der Waals surface area contributed by atoms with E-state index in [9.17, 15) is 4.79 Å². The fraction of sp³-hybridized carbons (Fsp3) is 0.929. The van der Waals surface area contributed by atoms with Crippen LogP contribution in [-0.2, 0) is 9.53 Å². The van der Waals surface area contributed by atoms with E-state index >= 15 is 0 Å². The molecule has 0 atom stereocenters. The number of carbonyl (C=O) groups is 1. The van der Waals surface area contributed by atoms with Gasteiger partial charge in [0.25, 0.3) is 0 Å². The van der Waals surface area contributed by atoms with E-state index in [-0.39, 0.29) is 24.9 Å². The first-order chi connectivity index (χ1) is 8.79. The largest absolute Gasteiger partial charge is 0.372 e. The van der Waals surface area contributed by atoms with Crippen LogP contribution in [-0.4, -0.2) is 49.7 Å². The topological polar surface area (TPSA) is 41.6 Å². The van der Waals surface area contributed by atoms with Gasteiger partial charge in [-0.25, -0.2) is 0 Å². The van der Waals surface area contributed by atoms with Gasteiger partial charge in [-0.3, -0.25) is 4.79 Å². The minimum Gasteiger partial charge on any atom is -0.372 e. The zero-order valence-electron chi connectivity index (χ0n) is 12.3. The first-order valence-electron chi connectivity index (χ1n) is 7.37. The Labute approximate surface area is 123 Å². The van der Waals surface area contributed by atoms with Gasteiger partial charge in [-0.2, -0.15) is 0 Å². The molecule has 0 saturated carbocycles. The fourth-order valence-electron chi connectivity index (χ4n) is 2.36. The van der Waals surface area contributed by atoms with E-state index in [1.165, 1.54) is 0 Å². The van der Waals surface area contributed by atoms with Crippen molar-refractivity contribution in [3.63, 3.8) is 0 Å².